The lowest BCUT2D eigenvalue weighted by Crippen LogP contribution is -2.24. The van der Waals surface area contributed by atoms with Crippen molar-refractivity contribution in [3.63, 3.8) is 0 Å². The number of hydrogen-bond acceptors (Lipinski definition) is 2. The van der Waals surface area contributed by atoms with E-state index in [1.807, 2.05) is 6.07 Å². The first-order valence-corrected chi connectivity index (χ1v) is 6.61. The van der Waals surface area contributed by atoms with Crippen LogP contribution in [0.4, 0.5) is 0 Å². The SMILES string of the molecule is c1ccc2[nH]c(C3CC4CCCC4N3)nc2c1. The highest BCUT2D eigenvalue weighted by atomic mass is 15.1. The second-order valence-electron chi connectivity index (χ2n) is 5.39. The van der Waals surface area contributed by atoms with Crippen LogP contribution in [-0.4, -0.2) is 16.0 Å². The van der Waals surface area contributed by atoms with Gasteiger partial charge >= 0.3 is 0 Å². The van der Waals surface area contributed by atoms with Crippen LogP contribution in [0.2, 0.25) is 0 Å². The van der Waals surface area contributed by atoms with Gasteiger partial charge in [-0.2, -0.15) is 0 Å². The Kier molecular flexibility index (Phi) is 2.03. The fourth-order valence-corrected chi connectivity index (χ4v) is 3.50. The molecule has 17 heavy (non-hydrogen) atoms. The van der Waals surface area contributed by atoms with Crippen LogP contribution in [0.5, 0.6) is 0 Å². The first kappa shape index (κ1) is 9.66. The predicted octanol–water partition coefficient (Wildman–Crippen LogP) is 2.77. The molecule has 1 aromatic carbocycles. The van der Waals surface area contributed by atoms with Gasteiger partial charge in [0.1, 0.15) is 5.82 Å². The topological polar surface area (TPSA) is 40.7 Å². The quantitative estimate of drug-likeness (QED) is 0.786. The molecule has 4 rings (SSSR count). The summed E-state index contributed by atoms with van der Waals surface area (Å²) in [4.78, 5) is 8.16. The molecule has 2 N–H and O–H groups in total. The number of H-pyrrole nitrogens is 1. The van der Waals surface area contributed by atoms with E-state index >= 15 is 0 Å². The highest BCUT2D eigenvalue weighted by Crippen LogP contribution is 2.39. The van der Waals surface area contributed by atoms with E-state index in [1.54, 1.807) is 0 Å². The molecule has 2 fully saturated rings. The van der Waals surface area contributed by atoms with Gasteiger partial charge in [-0.15, -0.1) is 0 Å². The number of para-hydroxylation sites is 2. The van der Waals surface area contributed by atoms with E-state index < -0.39 is 0 Å². The Morgan fingerprint density at radius 2 is 2.12 bits per heavy atom. The smallest absolute Gasteiger partial charge is 0.124 e. The molecule has 3 nitrogen and oxygen atoms in total. The van der Waals surface area contributed by atoms with Gasteiger partial charge in [-0.1, -0.05) is 18.6 Å². The molecule has 1 saturated carbocycles. The van der Waals surface area contributed by atoms with Crippen LogP contribution in [0.25, 0.3) is 11.0 Å². The monoisotopic (exact) mass is 227 g/mol. The molecule has 88 valence electrons. The molecule has 3 atom stereocenters. The van der Waals surface area contributed by atoms with Crippen LogP contribution in [0.3, 0.4) is 0 Å². The van der Waals surface area contributed by atoms with Crippen molar-refractivity contribution in [3.8, 4) is 0 Å². The number of benzene rings is 1. The summed E-state index contributed by atoms with van der Waals surface area (Å²) in [5.74, 6) is 2.01. The maximum atomic E-state index is 4.70. The van der Waals surface area contributed by atoms with Crippen molar-refractivity contribution in [2.75, 3.05) is 0 Å². The molecule has 0 bridgehead atoms. The maximum absolute atomic E-state index is 4.70. The molecule has 1 saturated heterocycles. The summed E-state index contributed by atoms with van der Waals surface area (Å²) in [6, 6.07) is 9.46. The van der Waals surface area contributed by atoms with Gasteiger partial charge in [0.25, 0.3) is 0 Å². The van der Waals surface area contributed by atoms with E-state index in [-0.39, 0.29) is 0 Å². The minimum atomic E-state index is 0.442. The van der Waals surface area contributed by atoms with Crippen LogP contribution < -0.4 is 5.32 Å². The van der Waals surface area contributed by atoms with Gasteiger partial charge in [0, 0.05) is 6.04 Å². The number of aromatic amines is 1. The largest absolute Gasteiger partial charge is 0.341 e. The fraction of sp³-hybridized carbons (Fsp3) is 0.500. The minimum absolute atomic E-state index is 0.442. The van der Waals surface area contributed by atoms with E-state index in [4.69, 9.17) is 4.98 Å². The summed E-state index contributed by atoms with van der Waals surface area (Å²) in [7, 11) is 0. The van der Waals surface area contributed by atoms with Crippen molar-refractivity contribution < 1.29 is 0 Å². The molecule has 1 aliphatic heterocycles. The molecule has 2 aromatic rings. The van der Waals surface area contributed by atoms with Crippen LogP contribution in [0, 0.1) is 5.92 Å². The lowest BCUT2D eigenvalue weighted by atomic mass is 10.0. The van der Waals surface area contributed by atoms with E-state index in [1.165, 1.54) is 25.7 Å². The van der Waals surface area contributed by atoms with Crippen LogP contribution in [-0.2, 0) is 0 Å². The molecule has 0 spiro atoms. The third kappa shape index (κ3) is 1.49. The van der Waals surface area contributed by atoms with E-state index in [9.17, 15) is 0 Å². The average Bonchev–Trinajstić information content (AvgIpc) is 3.01. The second kappa shape index (κ2) is 3.57. The Bertz CT molecular complexity index is 500. The zero-order valence-electron chi connectivity index (χ0n) is 9.82. The first-order valence-electron chi connectivity index (χ1n) is 6.61. The summed E-state index contributed by atoms with van der Waals surface area (Å²) in [6.07, 6.45) is 5.40. The predicted molar refractivity (Wildman–Crippen MR) is 67.7 cm³/mol. The third-order valence-electron chi connectivity index (χ3n) is 4.35. The molecule has 2 aliphatic rings. The molecule has 3 unspecified atom stereocenters. The van der Waals surface area contributed by atoms with Crippen molar-refractivity contribution in [2.45, 2.75) is 37.8 Å². The van der Waals surface area contributed by atoms with E-state index in [0.29, 0.717) is 6.04 Å². The molecule has 1 aliphatic carbocycles. The Morgan fingerprint density at radius 1 is 1.18 bits per heavy atom. The normalized spacial score (nSPS) is 32.1. The van der Waals surface area contributed by atoms with Crippen molar-refractivity contribution >= 4 is 11.0 Å². The van der Waals surface area contributed by atoms with Crippen molar-refractivity contribution in [2.24, 2.45) is 5.92 Å². The van der Waals surface area contributed by atoms with Gasteiger partial charge in [0.2, 0.25) is 0 Å². The number of hydrogen-bond donors (Lipinski definition) is 2. The first-order chi connectivity index (χ1) is 8.40. The van der Waals surface area contributed by atoms with Crippen molar-refractivity contribution in [1.82, 2.24) is 15.3 Å². The zero-order valence-corrected chi connectivity index (χ0v) is 9.82. The van der Waals surface area contributed by atoms with E-state index in [0.717, 1.165) is 28.8 Å². The van der Waals surface area contributed by atoms with Gasteiger partial charge in [-0.3, -0.25) is 0 Å². The van der Waals surface area contributed by atoms with Gasteiger partial charge in [0.15, 0.2) is 0 Å². The summed E-state index contributed by atoms with van der Waals surface area (Å²) in [5, 5.41) is 3.74. The highest BCUT2D eigenvalue weighted by Gasteiger charge is 2.38. The lowest BCUT2D eigenvalue weighted by Gasteiger charge is -2.09. The number of aromatic nitrogens is 2. The summed E-state index contributed by atoms with van der Waals surface area (Å²) in [6.45, 7) is 0. The molecule has 1 aromatic heterocycles. The average molecular weight is 227 g/mol. The molecule has 0 amide bonds. The minimum Gasteiger partial charge on any atom is -0.341 e. The Morgan fingerprint density at radius 3 is 3.00 bits per heavy atom. The Hall–Kier alpha value is -1.35. The van der Waals surface area contributed by atoms with Gasteiger partial charge in [-0.05, 0) is 37.3 Å². The van der Waals surface area contributed by atoms with Gasteiger partial charge < -0.3 is 10.3 Å². The third-order valence-corrected chi connectivity index (χ3v) is 4.35. The highest BCUT2D eigenvalue weighted by molar-refractivity contribution is 5.74. The number of fused-ring (bicyclic) bond motifs is 2. The molecular formula is C14H17N3. The maximum Gasteiger partial charge on any atom is 0.124 e. The van der Waals surface area contributed by atoms with Gasteiger partial charge in [-0.25, -0.2) is 4.98 Å². The number of rotatable bonds is 1. The molecule has 0 radical (unpaired) electrons. The van der Waals surface area contributed by atoms with Gasteiger partial charge in [0.05, 0.1) is 17.1 Å². The van der Waals surface area contributed by atoms with Crippen LogP contribution in [0.15, 0.2) is 24.3 Å². The second-order valence-corrected chi connectivity index (χ2v) is 5.39. The molecule has 3 heteroatoms. The summed E-state index contributed by atoms with van der Waals surface area (Å²) in [5.41, 5.74) is 2.24. The number of imidazole rings is 1. The Labute approximate surface area is 101 Å². The summed E-state index contributed by atoms with van der Waals surface area (Å²) < 4.78 is 0. The van der Waals surface area contributed by atoms with Crippen LogP contribution >= 0.6 is 0 Å². The molecular weight excluding hydrogens is 210 g/mol. The zero-order chi connectivity index (χ0) is 11.2. The lowest BCUT2D eigenvalue weighted by molar-refractivity contribution is 0.516. The van der Waals surface area contributed by atoms with Crippen LogP contribution in [0.1, 0.15) is 37.5 Å². The standard InChI is InChI=1S/C14H17N3/c1-2-6-12-11(5-1)16-14(17-12)13-8-9-4-3-7-10(9)15-13/h1-2,5-6,9-10,13,15H,3-4,7-8H2,(H,16,17). The number of nitrogens with zero attached hydrogens (tertiary/aromatic N) is 1. The van der Waals surface area contributed by atoms with E-state index in [2.05, 4.69) is 28.5 Å². The Balaban J connectivity index is 1.66. The van der Waals surface area contributed by atoms with Crippen molar-refractivity contribution in [1.29, 1.82) is 0 Å². The van der Waals surface area contributed by atoms with Crippen molar-refractivity contribution in [3.05, 3.63) is 30.1 Å². The number of nitrogens with one attached hydrogen (secondary N) is 2. The fourth-order valence-electron chi connectivity index (χ4n) is 3.50. The summed E-state index contributed by atoms with van der Waals surface area (Å²) >= 11 is 0. The molecule has 2 heterocycles.